The summed E-state index contributed by atoms with van der Waals surface area (Å²) in [5.41, 5.74) is 2.47. The van der Waals surface area contributed by atoms with Gasteiger partial charge in [0.05, 0.1) is 6.54 Å². The lowest BCUT2D eigenvalue weighted by atomic mass is 10.2. The van der Waals surface area contributed by atoms with Crippen molar-refractivity contribution in [2.24, 2.45) is 0 Å². The zero-order valence-corrected chi connectivity index (χ0v) is 7.21. The standard InChI is InChI=1S/C9H15N/c1-8(2)9(3)6-5-7-10-4/h10H,7H2,1-4H3. The molecule has 0 bridgehead atoms. The van der Waals surface area contributed by atoms with Crippen molar-refractivity contribution in [1.29, 1.82) is 0 Å². The highest BCUT2D eigenvalue weighted by atomic mass is 14.8. The van der Waals surface area contributed by atoms with E-state index in [9.17, 15) is 0 Å². The van der Waals surface area contributed by atoms with Crippen LogP contribution in [0.5, 0.6) is 0 Å². The molecule has 0 heterocycles. The molecule has 0 aliphatic carbocycles. The second-order valence-corrected chi connectivity index (χ2v) is 2.46. The number of hydrogen-bond acceptors (Lipinski definition) is 1. The van der Waals surface area contributed by atoms with Gasteiger partial charge in [-0.05, 0) is 33.4 Å². The predicted octanol–water partition coefficient (Wildman–Crippen LogP) is 1.57. The third-order valence-corrected chi connectivity index (χ3v) is 1.29. The van der Waals surface area contributed by atoms with E-state index in [0.717, 1.165) is 6.54 Å². The Morgan fingerprint density at radius 1 is 1.30 bits per heavy atom. The molecule has 0 aromatic carbocycles. The van der Waals surface area contributed by atoms with Gasteiger partial charge in [-0.1, -0.05) is 17.4 Å². The van der Waals surface area contributed by atoms with E-state index in [-0.39, 0.29) is 0 Å². The fraction of sp³-hybridized carbons (Fsp3) is 0.556. The van der Waals surface area contributed by atoms with Crippen molar-refractivity contribution in [3.8, 4) is 11.8 Å². The zero-order chi connectivity index (χ0) is 7.98. The summed E-state index contributed by atoms with van der Waals surface area (Å²) in [4.78, 5) is 0. The van der Waals surface area contributed by atoms with Crippen LogP contribution in [0.2, 0.25) is 0 Å². The Kier molecular flexibility index (Phi) is 4.70. The van der Waals surface area contributed by atoms with E-state index in [1.807, 2.05) is 14.0 Å². The second kappa shape index (κ2) is 5.08. The first-order valence-electron chi connectivity index (χ1n) is 3.46. The summed E-state index contributed by atoms with van der Waals surface area (Å²) in [5, 5.41) is 2.97. The fourth-order valence-electron chi connectivity index (χ4n) is 0.390. The van der Waals surface area contributed by atoms with Gasteiger partial charge in [-0.15, -0.1) is 0 Å². The molecular weight excluding hydrogens is 122 g/mol. The zero-order valence-electron chi connectivity index (χ0n) is 7.21. The van der Waals surface area contributed by atoms with E-state index in [4.69, 9.17) is 0 Å². The highest BCUT2D eigenvalue weighted by molar-refractivity contribution is 5.30. The monoisotopic (exact) mass is 137 g/mol. The average molecular weight is 137 g/mol. The number of rotatable bonds is 1. The molecule has 0 saturated heterocycles. The molecule has 1 heteroatoms. The largest absolute Gasteiger partial charge is 0.309 e. The van der Waals surface area contributed by atoms with Gasteiger partial charge in [0.2, 0.25) is 0 Å². The van der Waals surface area contributed by atoms with Crippen molar-refractivity contribution in [3.63, 3.8) is 0 Å². The van der Waals surface area contributed by atoms with Crippen LogP contribution in [0.25, 0.3) is 0 Å². The summed E-state index contributed by atoms with van der Waals surface area (Å²) >= 11 is 0. The van der Waals surface area contributed by atoms with Crippen molar-refractivity contribution < 1.29 is 0 Å². The van der Waals surface area contributed by atoms with Crippen LogP contribution in [0.4, 0.5) is 0 Å². The van der Waals surface area contributed by atoms with Crippen LogP contribution in [0.15, 0.2) is 11.1 Å². The third kappa shape index (κ3) is 4.17. The maximum atomic E-state index is 3.05. The van der Waals surface area contributed by atoms with Gasteiger partial charge in [-0.2, -0.15) is 0 Å². The second-order valence-electron chi connectivity index (χ2n) is 2.46. The molecule has 0 aromatic heterocycles. The minimum atomic E-state index is 0.768. The lowest BCUT2D eigenvalue weighted by molar-refractivity contribution is 0.938. The first-order valence-corrected chi connectivity index (χ1v) is 3.46. The number of hydrogen-bond donors (Lipinski definition) is 1. The van der Waals surface area contributed by atoms with E-state index in [1.54, 1.807) is 0 Å². The van der Waals surface area contributed by atoms with E-state index in [2.05, 4.69) is 31.0 Å². The third-order valence-electron chi connectivity index (χ3n) is 1.29. The number of allylic oxidation sites excluding steroid dienone is 2. The highest BCUT2D eigenvalue weighted by Gasteiger charge is 1.82. The van der Waals surface area contributed by atoms with Gasteiger partial charge >= 0.3 is 0 Å². The molecule has 0 atom stereocenters. The Morgan fingerprint density at radius 2 is 1.90 bits per heavy atom. The maximum absolute atomic E-state index is 3.05. The Hall–Kier alpha value is -0.740. The Labute approximate surface area is 63.5 Å². The van der Waals surface area contributed by atoms with Crippen molar-refractivity contribution >= 4 is 0 Å². The Morgan fingerprint density at radius 3 is 2.30 bits per heavy atom. The van der Waals surface area contributed by atoms with Crippen LogP contribution >= 0.6 is 0 Å². The average Bonchev–Trinajstić information content (AvgIpc) is 1.88. The van der Waals surface area contributed by atoms with Gasteiger partial charge in [0.15, 0.2) is 0 Å². The van der Waals surface area contributed by atoms with Crippen LogP contribution in [-0.2, 0) is 0 Å². The Balaban J connectivity index is 3.93. The predicted molar refractivity (Wildman–Crippen MR) is 45.8 cm³/mol. The van der Waals surface area contributed by atoms with E-state index >= 15 is 0 Å². The van der Waals surface area contributed by atoms with Gasteiger partial charge in [-0.3, -0.25) is 0 Å². The normalized spacial score (nSPS) is 8.00. The number of nitrogens with one attached hydrogen (secondary N) is 1. The van der Waals surface area contributed by atoms with Gasteiger partial charge in [0.1, 0.15) is 0 Å². The van der Waals surface area contributed by atoms with Crippen LogP contribution < -0.4 is 5.32 Å². The molecular formula is C9H15N. The molecule has 0 aliphatic rings. The summed E-state index contributed by atoms with van der Waals surface area (Å²) in [6.45, 7) is 6.95. The molecule has 0 amide bonds. The summed E-state index contributed by atoms with van der Waals surface area (Å²) in [6.07, 6.45) is 0. The summed E-state index contributed by atoms with van der Waals surface area (Å²) < 4.78 is 0. The van der Waals surface area contributed by atoms with E-state index in [1.165, 1.54) is 11.1 Å². The molecule has 1 nitrogen and oxygen atoms in total. The van der Waals surface area contributed by atoms with Crippen molar-refractivity contribution in [1.82, 2.24) is 5.32 Å². The first kappa shape index (κ1) is 9.26. The lowest BCUT2D eigenvalue weighted by Crippen LogP contribution is -2.04. The van der Waals surface area contributed by atoms with Crippen LogP contribution in [-0.4, -0.2) is 13.6 Å². The highest BCUT2D eigenvalue weighted by Crippen LogP contribution is 1.98. The Bertz CT molecular complexity index is 175. The fourth-order valence-corrected chi connectivity index (χ4v) is 0.390. The summed E-state index contributed by atoms with van der Waals surface area (Å²) in [7, 11) is 1.90. The molecule has 0 spiro atoms. The summed E-state index contributed by atoms with van der Waals surface area (Å²) in [6, 6.07) is 0. The van der Waals surface area contributed by atoms with Crippen LogP contribution in [0, 0.1) is 11.8 Å². The minimum absolute atomic E-state index is 0.768. The first-order chi connectivity index (χ1) is 4.68. The maximum Gasteiger partial charge on any atom is 0.0577 e. The van der Waals surface area contributed by atoms with Crippen molar-refractivity contribution in [3.05, 3.63) is 11.1 Å². The molecule has 0 aromatic rings. The molecule has 0 radical (unpaired) electrons. The minimum Gasteiger partial charge on any atom is -0.309 e. The smallest absolute Gasteiger partial charge is 0.0577 e. The van der Waals surface area contributed by atoms with Gasteiger partial charge in [0.25, 0.3) is 0 Å². The quantitative estimate of drug-likeness (QED) is 0.541. The molecule has 0 saturated carbocycles. The molecule has 0 rings (SSSR count). The molecule has 0 aliphatic heterocycles. The molecule has 1 N–H and O–H groups in total. The van der Waals surface area contributed by atoms with Gasteiger partial charge < -0.3 is 5.32 Å². The van der Waals surface area contributed by atoms with Crippen molar-refractivity contribution in [2.45, 2.75) is 20.8 Å². The molecule has 0 fully saturated rings. The molecule has 0 unspecified atom stereocenters. The summed E-state index contributed by atoms with van der Waals surface area (Å²) in [5.74, 6) is 6.05. The van der Waals surface area contributed by atoms with E-state index in [0.29, 0.717) is 0 Å². The van der Waals surface area contributed by atoms with Crippen LogP contribution in [0.3, 0.4) is 0 Å². The van der Waals surface area contributed by atoms with Gasteiger partial charge in [-0.25, -0.2) is 0 Å². The van der Waals surface area contributed by atoms with E-state index < -0.39 is 0 Å². The van der Waals surface area contributed by atoms with Crippen molar-refractivity contribution in [2.75, 3.05) is 13.6 Å². The SMILES string of the molecule is CNCC#CC(C)=C(C)C. The van der Waals surface area contributed by atoms with Gasteiger partial charge in [0, 0.05) is 0 Å². The lowest BCUT2D eigenvalue weighted by Gasteiger charge is -1.90. The molecule has 56 valence electrons. The molecule has 10 heavy (non-hydrogen) atoms. The van der Waals surface area contributed by atoms with Crippen LogP contribution in [0.1, 0.15) is 20.8 Å². The topological polar surface area (TPSA) is 12.0 Å².